The second kappa shape index (κ2) is 4.06. The zero-order valence-corrected chi connectivity index (χ0v) is 12.4. The van der Waals surface area contributed by atoms with Crippen molar-refractivity contribution in [3.63, 3.8) is 0 Å². The van der Waals surface area contributed by atoms with Gasteiger partial charge in [-0.05, 0) is 50.9 Å². The van der Waals surface area contributed by atoms with Gasteiger partial charge >= 0.3 is 0 Å². The van der Waals surface area contributed by atoms with Gasteiger partial charge in [0.1, 0.15) is 0 Å². The van der Waals surface area contributed by atoms with Crippen LogP contribution in [0.4, 0.5) is 0 Å². The molecule has 0 saturated carbocycles. The van der Waals surface area contributed by atoms with Crippen LogP contribution < -0.4 is 5.43 Å². The smallest absolute Gasteiger partial charge is 0.197 e. The number of hydrogen-bond donors (Lipinski definition) is 1. The van der Waals surface area contributed by atoms with Gasteiger partial charge in [-0.15, -0.1) is 0 Å². The van der Waals surface area contributed by atoms with Crippen LogP contribution in [0.25, 0.3) is 17.0 Å². The predicted molar refractivity (Wildman–Crippen MR) is 85.1 cm³/mol. The van der Waals surface area contributed by atoms with Crippen LogP contribution in [0, 0.1) is 7.27 Å². The maximum Gasteiger partial charge on any atom is 0.197 e. The molecule has 0 atom stereocenters. The van der Waals surface area contributed by atoms with Gasteiger partial charge in [-0.1, -0.05) is 26.8 Å². The van der Waals surface area contributed by atoms with E-state index in [9.17, 15) is 4.79 Å². The van der Waals surface area contributed by atoms with Crippen molar-refractivity contribution in [2.24, 2.45) is 0 Å². The van der Waals surface area contributed by atoms with E-state index in [2.05, 4.69) is 31.6 Å². The van der Waals surface area contributed by atoms with Crippen LogP contribution in [-0.2, 0) is 0 Å². The highest BCUT2D eigenvalue weighted by Gasteiger charge is 2.09. The molecule has 0 unspecified atom stereocenters. The van der Waals surface area contributed by atoms with E-state index in [1.54, 1.807) is 0 Å². The number of hydrogen-bond acceptors (Lipinski definition) is 1. The number of aromatic nitrogens is 1. The molecule has 80 valence electrons. The topological polar surface area (TPSA) is 32.9 Å². The normalized spacial score (nSPS) is 13.6. The Morgan fingerprint density at radius 1 is 1.31 bits per heavy atom. The molecule has 0 amide bonds. The SMILES string of the molecule is O=c1c2c([nH]c3ccc(I)cc13)I=CC=C2. The number of rotatable bonds is 0. The van der Waals surface area contributed by atoms with Crippen LogP contribution in [0.15, 0.2) is 29.1 Å². The van der Waals surface area contributed by atoms with Gasteiger partial charge in [0.2, 0.25) is 0 Å². The standard InChI is InChI=1S/C12H7I2NO/c13-7-3-4-10-9(6-7)11(16)8-2-1-5-14-12(8)15-10/h1-6H,(H,15,16). The Morgan fingerprint density at radius 2 is 2.19 bits per heavy atom. The first-order chi connectivity index (χ1) is 7.75. The molecule has 0 fully saturated rings. The molecular formula is C12H7I2NO. The molecule has 3 rings (SSSR count). The van der Waals surface area contributed by atoms with Crippen molar-refractivity contribution in [3.8, 4) is 0 Å². The van der Waals surface area contributed by atoms with E-state index >= 15 is 0 Å². The van der Waals surface area contributed by atoms with E-state index in [-0.39, 0.29) is 26.2 Å². The first-order valence-corrected chi connectivity index (χ1v) is 8.15. The van der Waals surface area contributed by atoms with E-state index in [0.29, 0.717) is 0 Å². The van der Waals surface area contributed by atoms with Crippen molar-refractivity contribution < 1.29 is 0 Å². The number of halogens is 2. The summed E-state index contributed by atoms with van der Waals surface area (Å²) in [6.07, 6.45) is 3.90. The van der Waals surface area contributed by atoms with Crippen molar-refractivity contribution in [2.45, 2.75) is 0 Å². The molecule has 1 N–H and O–H groups in total. The number of benzene rings is 1. The minimum atomic E-state index is -0.174. The lowest BCUT2D eigenvalue weighted by Gasteiger charge is -2.07. The molecule has 1 aromatic heterocycles. The van der Waals surface area contributed by atoms with Gasteiger partial charge in [-0.25, -0.2) is 0 Å². The van der Waals surface area contributed by atoms with Gasteiger partial charge in [0.25, 0.3) is 0 Å². The summed E-state index contributed by atoms with van der Waals surface area (Å²) in [5.74, 6) is 0. The molecular weight excluding hydrogens is 428 g/mol. The predicted octanol–water partition coefficient (Wildman–Crippen LogP) is 3.10. The Kier molecular flexibility index (Phi) is 2.70. The number of allylic oxidation sites excluding steroid dienone is 1. The molecule has 2 heterocycles. The molecule has 2 aromatic rings. The summed E-state index contributed by atoms with van der Waals surface area (Å²) in [6.45, 7) is 0. The highest BCUT2D eigenvalue weighted by atomic mass is 127. The molecule has 1 aromatic carbocycles. The van der Waals surface area contributed by atoms with Crippen LogP contribution >= 0.6 is 43.3 Å². The third kappa shape index (κ3) is 1.67. The van der Waals surface area contributed by atoms with E-state index in [1.807, 2.05) is 30.4 Å². The van der Waals surface area contributed by atoms with E-state index in [4.69, 9.17) is 0 Å². The summed E-state index contributed by atoms with van der Waals surface area (Å²) in [7, 11) is 0. The summed E-state index contributed by atoms with van der Waals surface area (Å²) >= 11 is 2.06. The zero-order chi connectivity index (χ0) is 11.1. The molecule has 0 bridgehead atoms. The third-order valence-corrected chi connectivity index (χ3v) is 5.38. The average Bonchev–Trinajstić information content (AvgIpc) is 2.31. The largest absolute Gasteiger partial charge is 0.350 e. The van der Waals surface area contributed by atoms with Gasteiger partial charge in [0.15, 0.2) is 5.43 Å². The van der Waals surface area contributed by atoms with Crippen LogP contribution in [0.3, 0.4) is 0 Å². The number of aromatic amines is 1. The Labute approximate surface area is 116 Å². The van der Waals surface area contributed by atoms with E-state index in [0.717, 1.165) is 23.7 Å². The lowest BCUT2D eigenvalue weighted by Crippen LogP contribution is -2.11. The Hall–Kier alpha value is -0.500. The summed E-state index contributed by atoms with van der Waals surface area (Å²) in [6, 6.07) is 5.95. The molecule has 4 heteroatoms. The highest BCUT2D eigenvalue weighted by Crippen LogP contribution is 2.21. The Balaban J connectivity index is 2.50. The second-order valence-electron chi connectivity index (χ2n) is 3.47. The van der Waals surface area contributed by atoms with Crippen molar-refractivity contribution >= 4 is 64.3 Å². The molecule has 0 spiro atoms. The maximum absolute atomic E-state index is 12.3. The highest BCUT2D eigenvalue weighted by molar-refractivity contribution is 14.2. The van der Waals surface area contributed by atoms with Gasteiger partial charge in [0, 0.05) is 8.96 Å². The zero-order valence-electron chi connectivity index (χ0n) is 8.13. The molecule has 1 aliphatic heterocycles. The molecule has 16 heavy (non-hydrogen) atoms. The number of fused-ring (bicyclic) bond motifs is 2. The molecule has 0 aliphatic carbocycles. The fourth-order valence-corrected chi connectivity index (χ4v) is 4.18. The monoisotopic (exact) mass is 435 g/mol. The van der Waals surface area contributed by atoms with Crippen LogP contribution in [0.5, 0.6) is 0 Å². The average molecular weight is 435 g/mol. The fraction of sp³-hybridized carbons (Fsp3) is 0. The van der Waals surface area contributed by atoms with Crippen molar-refractivity contribution in [1.82, 2.24) is 4.98 Å². The lowest BCUT2D eigenvalue weighted by atomic mass is 10.1. The minimum absolute atomic E-state index is 0.159. The first kappa shape index (κ1) is 10.6. The number of pyridine rings is 1. The summed E-state index contributed by atoms with van der Waals surface area (Å²) < 4.78 is 4.38. The third-order valence-electron chi connectivity index (χ3n) is 2.46. The van der Waals surface area contributed by atoms with Crippen LogP contribution in [0.1, 0.15) is 5.56 Å². The Morgan fingerprint density at radius 3 is 3.06 bits per heavy atom. The minimum Gasteiger partial charge on any atom is -0.350 e. The second-order valence-corrected chi connectivity index (χ2v) is 7.13. The first-order valence-electron chi connectivity index (χ1n) is 4.74. The lowest BCUT2D eigenvalue weighted by molar-refractivity contribution is 1.31. The molecule has 2 nitrogen and oxygen atoms in total. The van der Waals surface area contributed by atoms with Crippen molar-refractivity contribution in [1.29, 1.82) is 0 Å². The number of nitrogens with one attached hydrogen (secondary N) is 1. The maximum atomic E-state index is 12.3. The van der Waals surface area contributed by atoms with Gasteiger partial charge in [-0.3, -0.25) is 4.79 Å². The summed E-state index contributed by atoms with van der Waals surface area (Å²) in [5.41, 5.74) is 1.96. The number of H-pyrrole nitrogens is 1. The fourth-order valence-electron chi connectivity index (χ4n) is 1.71. The molecule has 0 radical (unpaired) electrons. The Bertz CT molecular complexity index is 698. The summed E-state index contributed by atoms with van der Waals surface area (Å²) in [4.78, 5) is 15.6. The van der Waals surface area contributed by atoms with E-state index < -0.39 is 0 Å². The van der Waals surface area contributed by atoms with Crippen LogP contribution in [0.2, 0.25) is 0 Å². The van der Waals surface area contributed by atoms with Gasteiger partial charge < -0.3 is 4.98 Å². The van der Waals surface area contributed by atoms with Gasteiger partial charge in [-0.2, -0.15) is 0 Å². The van der Waals surface area contributed by atoms with Crippen molar-refractivity contribution in [3.05, 3.63) is 47.3 Å². The van der Waals surface area contributed by atoms with Gasteiger partial charge in [0.05, 0.1) is 14.8 Å². The summed E-state index contributed by atoms with van der Waals surface area (Å²) in [5, 5.41) is 0.793. The van der Waals surface area contributed by atoms with Crippen molar-refractivity contribution in [2.75, 3.05) is 0 Å². The quantitative estimate of drug-likeness (QED) is 0.501. The van der Waals surface area contributed by atoms with Crippen LogP contribution in [-0.4, -0.2) is 9.00 Å². The van der Waals surface area contributed by atoms with E-state index in [1.165, 1.54) is 0 Å². The molecule has 1 aliphatic rings. The molecule has 0 saturated heterocycles.